The fourth-order valence-corrected chi connectivity index (χ4v) is 2.47. The minimum Gasteiger partial charge on any atom is -0.341 e. The van der Waals surface area contributed by atoms with Gasteiger partial charge in [-0.15, -0.1) is 0 Å². The Bertz CT molecular complexity index is 676. The second kappa shape index (κ2) is 7.58. The summed E-state index contributed by atoms with van der Waals surface area (Å²) in [5.74, 6) is -0.490. The Hall–Kier alpha value is -2.62. The zero-order valence-corrected chi connectivity index (χ0v) is 13.8. The quantitative estimate of drug-likeness (QED) is 0.862. The summed E-state index contributed by atoms with van der Waals surface area (Å²) in [6.45, 7) is 4.44. The number of amides is 2. The molecule has 2 rings (SSSR count). The van der Waals surface area contributed by atoms with E-state index in [1.165, 1.54) is 0 Å². The SMILES string of the molecule is Cc1cc(C)cc(NC(=O)CC(=O)N(C)Cc2ccccc2)c1. The van der Waals surface area contributed by atoms with E-state index in [-0.39, 0.29) is 18.2 Å². The average molecular weight is 310 g/mol. The van der Waals surface area contributed by atoms with E-state index in [1.807, 2.05) is 62.4 Å². The van der Waals surface area contributed by atoms with Gasteiger partial charge in [-0.25, -0.2) is 0 Å². The van der Waals surface area contributed by atoms with Crippen molar-refractivity contribution in [2.24, 2.45) is 0 Å². The van der Waals surface area contributed by atoms with Crippen LogP contribution in [0.4, 0.5) is 5.69 Å². The fraction of sp³-hybridized carbons (Fsp3) is 0.263. The second-order valence-corrected chi connectivity index (χ2v) is 5.84. The molecule has 0 aliphatic heterocycles. The Labute approximate surface area is 137 Å². The summed E-state index contributed by atoms with van der Waals surface area (Å²) >= 11 is 0. The first kappa shape index (κ1) is 16.7. The third-order valence-electron chi connectivity index (χ3n) is 3.51. The molecule has 0 saturated heterocycles. The van der Waals surface area contributed by atoms with Crippen LogP contribution in [0.2, 0.25) is 0 Å². The van der Waals surface area contributed by atoms with Crippen molar-refractivity contribution in [1.82, 2.24) is 4.90 Å². The average Bonchev–Trinajstić information content (AvgIpc) is 2.46. The van der Waals surface area contributed by atoms with E-state index in [0.29, 0.717) is 6.54 Å². The van der Waals surface area contributed by atoms with Crippen LogP contribution in [0.3, 0.4) is 0 Å². The number of rotatable bonds is 5. The van der Waals surface area contributed by atoms with Crippen molar-refractivity contribution in [3.05, 3.63) is 65.2 Å². The van der Waals surface area contributed by atoms with Crippen LogP contribution in [0.15, 0.2) is 48.5 Å². The van der Waals surface area contributed by atoms with Crippen LogP contribution >= 0.6 is 0 Å². The third kappa shape index (κ3) is 5.25. The summed E-state index contributed by atoms with van der Waals surface area (Å²) in [5.41, 5.74) is 3.92. The maximum absolute atomic E-state index is 12.1. The molecule has 0 saturated carbocycles. The summed E-state index contributed by atoms with van der Waals surface area (Å²) in [5, 5.41) is 2.79. The van der Waals surface area contributed by atoms with Crippen LogP contribution in [0.5, 0.6) is 0 Å². The van der Waals surface area contributed by atoms with Crippen molar-refractivity contribution in [1.29, 1.82) is 0 Å². The van der Waals surface area contributed by atoms with Gasteiger partial charge in [0, 0.05) is 19.3 Å². The summed E-state index contributed by atoms with van der Waals surface area (Å²) < 4.78 is 0. The van der Waals surface area contributed by atoms with Crippen LogP contribution in [0, 0.1) is 13.8 Å². The van der Waals surface area contributed by atoms with Gasteiger partial charge in [-0.3, -0.25) is 9.59 Å². The van der Waals surface area contributed by atoms with Gasteiger partial charge in [0.05, 0.1) is 0 Å². The Morgan fingerprint density at radius 3 is 2.22 bits per heavy atom. The molecule has 0 unspecified atom stereocenters. The van der Waals surface area contributed by atoms with E-state index in [2.05, 4.69) is 5.32 Å². The molecule has 0 radical (unpaired) electrons. The Kier molecular flexibility index (Phi) is 5.52. The molecule has 0 aromatic heterocycles. The van der Waals surface area contributed by atoms with Crippen molar-refractivity contribution in [2.75, 3.05) is 12.4 Å². The summed E-state index contributed by atoms with van der Waals surface area (Å²) in [6, 6.07) is 15.5. The van der Waals surface area contributed by atoms with Gasteiger partial charge in [-0.1, -0.05) is 36.4 Å². The van der Waals surface area contributed by atoms with Crippen LogP contribution in [-0.2, 0) is 16.1 Å². The number of hydrogen-bond acceptors (Lipinski definition) is 2. The molecule has 0 aliphatic rings. The van der Waals surface area contributed by atoms with Crippen molar-refractivity contribution in [3.8, 4) is 0 Å². The molecular formula is C19H22N2O2. The normalized spacial score (nSPS) is 10.2. The number of hydrogen-bond donors (Lipinski definition) is 1. The molecule has 2 aromatic rings. The Morgan fingerprint density at radius 2 is 1.61 bits per heavy atom. The second-order valence-electron chi connectivity index (χ2n) is 5.84. The largest absolute Gasteiger partial charge is 0.341 e. The van der Waals surface area contributed by atoms with Crippen LogP contribution < -0.4 is 5.32 Å². The van der Waals surface area contributed by atoms with Gasteiger partial charge in [0.1, 0.15) is 6.42 Å². The highest BCUT2D eigenvalue weighted by molar-refractivity contribution is 6.03. The summed E-state index contributed by atoms with van der Waals surface area (Å²) in [7, 11) is 1.71. The number of anilines is 1. The first-order valence-electron chi connectivity index (χ1n) is 7.60. The maximum Gasteiger partial charge on any atom is 0.233 e. The molecule has 120 valence electrons. The summed E-state index contributed by atoms with van der Waals surface area (Å²) in [4.78, 5) is 25.8. The first-order valence-corrected chi connectivity index (χ1v) is 7.60. The van der Waals surface area contributed by atoms with Gasteiger partial charge in [-0.2, -0.15) is 0 Å². The predicted molar refractivity (Wildman–Crippen MR) is 92.1 cm³/mol. The van der Waals surface area contributed by atoms with Gasteiger partial charge < -0.3 is 10.2 Å². The van der Waals surface area contributed by atoms with Gasteiger partial charge in [0.25, 0.3) is 0 Å². The fourth-order valence-electron chi connectivity index (χ4n) is 2.47. The lowest BCUT2D eigenvalue weighted by Crippen LogP contribution is -2.30. The van der Waals surface area contributed by atoms with E-state index in [0.717, 1.165) is 22.4 Å². The highest BCUT2D eigenvalue weighted by atomic mass is 16.2. The first-order chi connectivity index (χ1) is 10.9. The molecule has 4 heteroatoms. The van der Waals surface area contributed by atoms with E-state index >= 15 is 0 Å². The molecule has 1 N–H and O–H groups in total. The predicted octanol–water partition coefficient (Wildman–Crippen LogP) is 3.29. The van der Waals surface area contributed by atoms with Gasteiger partial charge in [0.2, 0.25) is 11.8 Å². The number of carbonyl (C=O) groups is 2. The molecule has 0 aliphatic carbocycles. The number of nitrogens with zero attached hydrogens (tertiary/aromatic N) is 1. The Morgan fingerprint density at radius 1 is 1.00 bits per heavy atom. The molecule has 2 amide bonds. The number of carbonyl (C=O) groups excluding carboxylic acids is 2. The molecule has 0 fully saturated rings. The number of aryl methyl sites for hydroxylation is 2. The maximum atomic E-state index is 12.1. The topological polar surface area (TPSA) is 49.4 Å². The lowest BCUT2D eigenvalue weighted by molar-refractivity contribution is -0.133. The molecule has 0 atom stereocenters. The van der Waals surface area contributed by atoms with Gasteiger partial charge in [0.15, 0.2) is 0 Å². The standard InChI is InChI=1S/C19H22N2O2/c1-14-9-15(2)11-17(10-14)20-18(22)12-19(23)21(3)13-16-7-5-4-6-8-16/h4-11H,12-13H2,1-3H3,(H,20,22). The monoisotopic (exact) mass is 310 g/mol. The molecule has 0 heterocycles. The number of nitrogens with one attached hydrogen (secondary N) is 1. The minimum atomic E-state index is -0.292. The third-order valence-corrected chi connectivity index (χ3v) is 3.51. The smallest absolute Gasteiger partial charge is 0.233 e. The molecule has 4 nitrogen and oxygen atoms in total. The lowest BCUT2D eigenvalue weighted by Gasteiger charge is -2.17. The van der Waals surface area contributed by atoms with Crippen LogP contribution in [0.1, 0.15) is 23.1 Å². The van der Waals surface area contributed by atoms with E-state index in [9.17, 15) is 9.59 Å². The highest BCUT2D eigenvalue weighted by Crippen LogP contribution is 2.14. The molecule has 0 spiro atoms. The lowest BCUT2D eigenvalue weighted by atomic mass is 10.1. The van der Waals surface area contributed by atoms with E-state index in [1.54, 1.807) is 11.9 Å². The van der Waals surface area contributed by atoms with E-state index in [4.69, 9.17) is 0 Å². The van der Waals surface area contributed by atoms with Gasteiger partial charge >= 0.3 is 0 Å². The summed E-state index contributed by atoms with van der Waals surface area (Å²) in [6.07, 6.45) is -0.156. The van der Waals surface area contributed by atoms with Crippen molar-refractivity contribution in [3.63, 3.8) is 0 Å². The zero-order valence-electron chi connectivity index (χ0n) is 13.8. The van der Waals surface area contributed by atoms with Crippen molar-refractivity contribution >= 4 is 17.5 Å². The Balaban J connectivity index is 1.90. The van der Waals surface area contributed by atoms with Crippen molar-refractivity contribution < 1.29 is 9.59 Å². The van der Waals surface area contributed by atoms with Crippen LogP contribution in [0.25, 0.3) is 0 Å². The molecule has 0 bridgehead atoms. The zero-order chi connectivity index (χ0) is 16.8. The number of benzene rings is 2. The molecule has 2 aromatic carbocycles. The van der Waals surface area contributed by atoms with Crippen LogP contribution in [-0.4, -0.2) is 23.8 Å². The molecule has 23 heavy (non-hydrogen) atoms. The van der Waals surface area contributed by atoms with Gasteiger partial charge in [-0.05, 0) is 42.7 Å². The highest BCUT2D eigenvalue weighted by Gasteiger charge is 2.14. The van der Waals surface area contributed by atoms with E-state index < -0.39 is 0 Å². The van der Waals surface area contributed by atoms with Crippen molar-refractivity contribution in [2.45, 2.75) is 26.8 Å². The molecular weight excluding hydrogens is 288 g/mol. The minimum absolute atomic E-state index is 0.156.